The molecular weight excluding hydrogens is 684 g/mol. The third-order valence-electron chi connectivity index (χ3n) is 12.0. The van der Waals surface area contributed by atoms with Crippen LogP contribution in [-0.4, -0.2) is 72.8 Å². The van der Waals surface area contributed by atoms with Crippen LogP contribution in [-0.2, 0) is 9.63 Å². The molecule has 0 aliphatic heterocycles. The van der Waals surface area contributed by atoms with Crippen molar-refractivity contribution in [1.29, 1.82) is 0 Å². The Bertz CT molecular complexity index is 1620. The van der Waals surface area contributed by atoms with E-state index in [2.05, 4.69) is 26.7 Å². The van der Waals surface area contributed by atoms with Gasteiger partial charge in [-0.25, -0.2) is 0 Å². The molecule has 0 bridgehead atoms. The Morgan fingerprint density at radius 1 is 0.611 bits per heavy atom. The van der Waals surface area contributed by atoms with Gasteiger partial charge < -0.3 is 31.8 Å². The Balaban J connectivity index is 0.997. The molecule has 0 saturated heterocycles. The molecule has 2 aromatic rings. The number of aldehydes is 1. The van der Waals surface area contributed by atoms with Crippen molar-refractivity contribution in [1.82, 2.24) is 26.7 Å². The van der Waals surface area contributed by atoms with Crippen LogP contribution in [0.15, 0.2) is 48.5 Å². The molecule has 2 aromatic carbocycles. The number of benzene rings is 2. The molecule has 4 amide bonds. The van der Waals surface area contributed by atoms with Crippen molar-refractivity contribution in [3.63, 3.8) is 0 Å². The lowest BCUT2D eigenvalue weighted by atomic mass is 9.81. The molecule has 6 rings (SSSR count). The Morgan fingerprint density at radius 3 is 1.67 bits per heavy atom. The maximum Gasteiger partial charge on any atom is 0.251 e. The largest absolute Gasteiger partial charge is 0.351 e. The monoisotopic (exact) mass is 742 g/mol. The average molecular weight is 743 g/mol. The number of nitrogens with one attached hydrogen (secondary N) is 5. The zero-order valence-corrected chi connectivity index (χ0v) is 31.4. The summed E-state index contributed by atoms with van der Waals surface area (Å²) >= 11 is 0. The molecule has 4 fully saturated rings. The number of rotatable bonds is 13. The summed E-state index contributed by atoms with van der Waals surface area (Å²) in [4.78, 5) is 70.8. The van der Waals surface area contributed by atoms with Gasteiger partial charge in [0.15, 0.2) is 0 Å². The van der Waals surface area contributed by atoms with Crippen LogP contribution in [0.2, 0.25) is 0 Å². The molecule has 8 atom stereocenters. The SMILES string of the molecule is NC1CCCCC1NOCC1CCCC(C(=O)NC2CCCCC2NC(=O)c2cccc(C(=O)NC3CCCCC3NC(=O)c3cccc(C=O)c3)c2)C1. The van der Waals surface area contributed by atoms with E-state index < -0.39 is 0 Å². The maximum absolute atomic E-state index is 13.6. The fourth-order valence-corrected chi connectivity index (χ4v) is 8.82. The molecule has 7 N–H and O–H groups in total. The summed E-state index contributed by atoms with van der Waals surface area (Å²) in [6.45, 7) is 0.572. The summed E-state index contributed by atoms with van der Waals surface area (Å²) in [5.74, 6) is -0.603. The maximum atomic E-state index is 13.6. The lowest BCUT2D eigenvalue weighted by molar-refractivity contribution is -0.128. The number of carbonyl (C=O) groups excluding carboxylic acids is 5. The third kappa shape index (κ3) is 10.8. The lowest BCUT2D eigenvalue weighted by Gasteiger charge is -2.35. The molecule has 0 aromatic heterocycles. The van der Waals surface area contributed by atoms with Gasteiger partial charge in [0.05, 0.1) is 6.61 Å². The highest BCUT2D eigenvalue weighted by Crippen LogP contribution is 2.30. The molecule has 0 spiro atoms. The van der Waals surface area contributed by atoms with E-state index in [0.717, 1.165) is 83.5 Å². The van der Waals surface area contributed by atoms with Crippen LogP contribution in [0.4, 0.5) is 0 Å². The first-order valence-electron chi connectivity index (χ1n) is 20.3. The Hall–Kier alpha value is -4.13. The van der Waals surface area contributed by atoms with E-state index in [0.29, 0.717) is 47.5 Å². The Labute approximate surface area is 318 Å². The minimum atomic E-state index is -0.314. The van der Waals surface area contributed by atoms with E-state index in [-0.39, 0.29) is 65.8 Å². The topological polar surface area (TPSA) is 181 Å². The predicted octanol–water partition coefficient (Wildman–Crippen LogP) is 4.72. The zero-order chi connectivity index (χ0) is 37.9. The smallest absolute Gasteiger partial charge is 0.251 e. The van der Waals surface area contributed by atoms with E-state index in [1.165, 1.54) is 12.8 Å². The molecule has 0 heterocycles. The number of hydrogen-bond acceptors (Lipinski definition) is 8. The highest BCUT2D eigenvalue weighted by Gasteiger charge is 2.34. The summed E-state index contributed by atoms with van der Waals surface area (Å²) in [5.41, 5.74) is 11.0. The second-order valence-corrected chi connectivity index (χ2v) is 16.0. The minimum Gasteiger partial charge on any atom is -0.351 e. The predicted molar refractivity (Wildman–Crippen MR) is 206 cm³/mol. The minimum absolute atomic E-state index is 0.0541. The van der Waals surface area contributed by atoms with Crippen molar-refractivity contribution in [2.45, 2.75) is 139 Å². The second-order valence-electron chi connectivity index (χ2n) is 16.0. The summed E-state index contributed by atoms with van der Waals surface area (Å²) < 4.78 is 0. The zero-order valence-electron chi connectivity index (χ0n) is 31.4. The van der Waals surface area contributed by atoms with Gasteiger partial charge in [0, 0.05) is 64.4 Å². The van der Waals surface area contributed by atoms with Gasteiger partial charge >= 0.3 is 0 Å². The van der Waals surface area contributed by atoms with E-state index in [4.69, 9.17) is 10.6 Å². The van der Waals surface area contributed by atoms with Gasteiger partial charge in [-0.1, -0.05) is 63.1 Å². The van der Waals surface area contributed by atoms with E-state index >= 15 is 0 Å². The van der Waals surface area contributed by atoms with E-state index in [1.54, 1.807) is 48.5 Å². The van der Waals surface area contributed by atoms with Gasteiger partial charge in [-0.2, -0.15) is 5.48 Å². The van der Waals surface area contributed by atoms with Gasteiger partial charge in [-0.15, -0.1) is 0 Å². The summed E-state index contributed by atoms with van der Waals surface area (Å²) in [7, 11) is 0. The van der Waals surface area contributed by atoms with Crippen molar-refractivity contribution in [2.24, 2.45) is 17.6 Å². The van der Waals surface area contributed by atoms with Crippen molar-refractivity contribution in [2.75, 3.05) is 6.61 Å². The Morgan fingerprint density at radius 2 is 1.11 bits per heavy atom. The fraction of sp³-hybridized carbons (Fsp3) is 0.595. The van der Waals surface area contributed by atoms with Crippen LogP contribution in [0.25, 0.3) is 0 Å². The summed E-state index contributed by atoms with van der Waals surface area (Å²) in [5, 5.41) is 12.6. The van der Waals surface area contributed by atoms with Crippen LogP contribution in [0.1, 0.15) is 144 Å². The fourth-order valence-electron chi connectivity index (χ4n) is 8.82. The molecule has 292 valence electrons. The molecule has 54 heavy (non-hydrogen) atoms. The standard InChI is InChI=1S/C42H58N6O6/c43-33-16-1-2-17-34(33)48-54-26-28-11-8-13-30(23-28)40(51)45-36-19-4-6-21-38(36)47-42(53)32-15-9-14-31(24-32)41(52)46-37-20-5-3-18-35(37)44-39(50)29-12-7-10-27(22-29)25-49/h7,9-10,12,14-15,22,24-25,28,30,33-38,48H,1-6,8,11,13,16-21,23,26,43H2,(H,44,50)(H,45,51)(H,46,52)(H,47,53). The van der Waals surface area contributed by atoms with E-state index in [9.17, 15) is 24.0 Å². The average Bonchev–Trinajstić information content (AvgIpc) is 3.20. The summed E-state index contributed by atoms with van der Waals surface area (Å²) in [6, 6.07) is 12.6. The normalized spacial score (nSPS) is 28.6. The quantitative estimate of drug-likeness (QED) is 0.126. The molecule has 8 unspecified atom stereocenters. The van der Waals surface area contributed by atoms with Gasteiger partial charge in [-0.05, 0) is 94.0 Å². The van der Waals surface area contributed by atoms with Gasteiger partial charge in [-0.3, -0.25) is 24.0 Å². The molecule has 4 saturated carbocycles. The molecule has 12 heteroatoms. The highest BCUT2D eigenvalue weighted by molar-refractivity contribution is 6.00. The van der Waals surface area contributed by atoms with Gasteiger partial charge in [0.2, 0.25) is 5.91 Å². The van der Waals surface area contributed by atoms with Crippen LogP contribution in [0.3, 0.4) is 0 Å². The molecular formula is C42H58N6O6. The highest BCUT2D eigenvalue weighted by atomic mass is 16.6. The first-order valence-corrected chi connectivity index (χ1v) is 20.3. The van der Waals surface area contributed by atoms with Crippen molar-refractivity contribution in [3.8, 4) is 0 Å². The number of nitrogens with two attached hydrogens (primary N) is 1. The number of amides is 4. The van der Waals surface area contributed by atoms with Gasteiger partial charge in [0.1, 0.15) is 6.29 Å². The molecule has 0 radical (unpaired) electrons. The van der Waals surface area contributed by atoms with Crippen molar-refractivity contribution < 1.29 is 28.8 Å². The molecule has 12 nitrogen and oxygen atoms in total. The van der Waals surface area contributed by atoms with Crippen LogP contribution < -0.4 is 32.5 Å². The third-order valence-corrected chi connectivity index (χ3v) is 12.0. The Kier molecular flexibility index (Phi) is 14.3. The second kappa shape index (κ2) is 19.5. The van der Waals surface area contributed by atoms with Crippen LogP contribution in [0, 0.1) is 11.8 Å². The van der Waals surface area contributed by atoms with Crippen molar-refractivity contribution >= 4 is 29.9 Å². The van der Waals surface area contributed by atoms with Crippen LogP contribution >= 0.6 is 0 Å². The number of hydrogen-bond donors (Lipinski definition) is 6. The van der Waals surface area contributed by atoms with Crippen LogP contribution in [0.5, 0.6) is 0 Å². The summed E-state index contributed by atoms with van der Waals surface area (Å²) in [6.07, 6.45) is 15.5. The first kappa shape index (κ1) is 39.6. The lowest BCUT2D eigenvalue weighted by Crippen LogP contribution is -2.54. The van der Waals surface area contributed by atoms with E-state index in [1.807, 2.05) is 0 Å². The van der Waals surface area contributed by atoms with Crippen molar-refractivity contribution in [3.05, 3.63) is 70.8 Å². The number of carbonyl (C=O) groups is 5. The number of hydroxylamine groups is 1. The molecule has 4 aliphatic carbocycles. The van der Waals surface area contributed by atoms with Gasteiger partial charge in [0.25, 0.3) is 17.7 Å². The first-order chi connectivity index (χ1) is 26.3. The molecule has 4 aliphatic rings.